The van der Waals surface area contributed by atoms with Crippen LogP contribution >= 0.6 is 11.3 Å². The predicted octanol–water partition coefficient (Wildman–Crippen LogP) is 2.60. The summed E-state index contributed by atoms with van der Waals surface area (Å²) in [5.41, 5.74) is 3.95. The van der Waals surface area contributed by atoms with Crippen LogP contribution in [0.4, 0.5) is 0 Å². The van der Waals surface area contributed by atoms with Gasteiger partial charge in [-0.05, 0) is 73.5 Å². The lowest BCUT2D eigenvalue weighted by Crippen LogP contribution is -2.43. The zero-order valence-corrected chi connectivity index (χ0v) is 23.1. The molecule has 0 bridgehead atoms. The molecule has 212 valence electrons. The molecule has 3 heterocycles. The van der Waals surface area contributed by atoms with Crippen molar-refractivity contribution in [2.45, 2.75) is 31.5 Å². The molecule has 2 aromatic heterocycles. The molecule has 4 N–H and O–H groups in total. The fourth-order valence-electron chi connectivity index (χ4n) is 4.78. The minimum absolute atomic E-state index is 0.0774. The summed E-state index contributed by atoms with van der Waals surface area (Å²) in [7, 11) is 3.46. The molecule has 0 unspecified atom stereocenters. The number of piperidine rings is 1. The highest BCUT2D eigenvalue weighted by atomic mass is 32.1. The van der Waals surface area contributed by atoms with E-state index in [-0.39, 0.29) is 4.87 Å². The highest BCUT2D eigenvalue weighted by molar-refractivity contribution is 7.16. The Morgan fingerprint density at radius 2 is 1.85 bits per heavy atom. The Hall–Kier alpha value is -3.84. The van der Waals surface area contributed by atoms with Gasteiger partial charge in [0, 0.05) is 37.8 Å². The number of carboxylic acid groups (broad SMARTS) is 2. The molecule has 1 saturated heterocycles. The molecule has 1 aliphatic heterocycles. The second-order valence-electron chi connectivity index (χ2n) is 9.59. The Balaban J connectivity index is 0.000000557. The molecule has 0 aliphatic carbocycles. The number of carboxylic acids is 2. The summed E-state index contributed by atoms with van der Waals surface area (Å²) in [6.45, 7) is 3.29. The molecule has 11 nitrogen and oxygen atoms in total. The minimum atomic E-state index is -1.82. The first-order valence-corrected chi connectivity index (χ1v) is 13.6. The number of rotatable bonds is 7. The van der Waals surface area contributed by atoms with Gasteiger partial charge in [0.05, 0.1) is 28.9 Å². The monoisotopic (exact) mass is 568 g/mol. The number of aromatic nitrogens is 2. The van der Waals surface area contributed by atoms with E-state index >= 15 is 0 Å². The van der Waals surface area contributed by atoms with Crippen molar-refractivity contribution in [2.24, 2.45) is 7.05 Å². The summed E-state index contributed by atoms with van der Waals surface area (Å²) in [6.07, 6.45) is 3.26. The maximum Gasteiger partial charge on any atom is 0.414 e. The lowest BCUT2D eigenvalue weighted by Gasteiger charge is -2.33. The van der Waals surface area contributed by atoms with E-state index in [1.807, 2.05) is 37.4 Å². The Morgan fingerprint density at radius 3 is 2.52 bits per heavy atom. The van der Waals surface area contributed by atoms with Crippen LogP contribution in [0.2, 0.25) is 0 Å². The second kappa shape index (κ2) is 13.0. The number of methoxy groups -OCH3 is 1. The van der Waals surface area contributed by atoms with Gasteiger partial charge in [-0.3, -0.25) is 9.78 Å². The third kappa shape index (κ3) is 7.02. The van der Waals surface area contributed by atoms with E-state index in [0.717, 1.165) is 64.9 Å². The molecule has 0 radical (unpaired) electrons. The van der Waals surface area contributed by atoms with Crippen LogP contribution in [0.25, 0.3) is 21.1 Å². The number of nitrogens with one attached hydrogen (secondary N) is 1. The van der Waals surface area contributed by atoms with E-state index < -0.39 is 18.0 Å². The Morgan fingerprint density at radius 1 is 1.12 bits per heavy atom. The lowest BCUT2D eigenvalue weighted by molar-refractivity contribution is -0.159. The number of aliphatic hydroxyl groups is 1. The first-order valence-electron chi connectivity index (χ1n) is 12.8. The molecule has 1 aliphatic rings. The number of β-amino-alcohol motifs (C(OH)–C–C–N with tert-alkyl or cyclic N) is 1. The van der Waals surface area contributed by atoms with Crippen LogP contribution in [0.5, 0.6) is 5.75 Å². The van der Waals surface area contributed by atoms with E-state index in [9.17, 15) is 9.90 Å². The summed E-state index contributed by atoms with van der Waals surface area (Å²) in [5, 5.41) is 30.4. The number of fused-ring (bicyclic) bond motifs is 2. The van der Waals surface area contributed by atoms with Crippen LogP contribution in [-0.4, -0.2) is 74.5 Å². The standard InChI is InChI=1S/C26H30N4O3S.C2H2O4/c1-29-23-6-3-17(13-25(23)34-26(29)32)15-28-18-8-11-30(12-9-18)16-24(31)20-7-10-27-22-5-4-19(33-2)14-21(20)22;3-1(4)2(5)6/h3-7,10,13-14,18,24,28,31H,8-9,11-12,15-16H2,1-2H3;(H,3,4)(H,5,6)/t24-;/m0./s1. The van der Waals surface area contributed by atoms with Crippen molar-refractivity contribution >= 4 is 44.4 Å². The summed E-state index contributed by atoms with van der Waals surface area (Å²) >= 11 is 1.30. The van der Waals surface area contributed by atoms with Crippen molar-refractivity contribution in [3.05, 3.63) is 69.5 Å². The summed E-state index contributed by atoms with van der Waals surface area (Å²) in [6, 6.07) is 14.4. The Kier molecular flexibility index (Phi) is 9.48. The molecule has 4 aromatic rings. The van der Waals surface area contributed by atoms with Crippen LogP contribution in [-0.2, 0) is 23.2 Å². The molecule has 0 saturated carbocycles. The van der Waals surface area contributed by atoms with Gasteiger partial charge in [0.2, 0.25) is 0 Å². The van der Waals surface area contributed by atoms with Crippen molar-refractivity contribution in [3.8, 4) is 5.75 Å². The number of aliphatic carboxylic acids is 2. The summed E-state index contributed by atoms with van der Waals surface area (Å²) in [4.78, 5) is 36.9. The van der Waals surface area contributed by atoms with Crippen molar-refractivity contribution in [1.29, 1.82) is 0 Å². The van der Waals surface area contributed by atoms with Gasteiger partial charge in [-0.15, -0.1) is 0 Å². The molecule has 2 aromatic carbocycles. The number of aryl methyl sites for hydroxylation is 1. The minimum Gasteiger partial charge on any atom is -0.497 e. The van der Waals surface area contributed by atoms with Gasteiger partial charge in [0.1, 0.15) is 5.75 Å². The smallest absolute Gasteiger partial charge is 0.414 e. The van der Waals surface area contributed by atoms with Crippen molar-refractivity contribution in [1.82, 2.24) is 19.8 Å². The molecular weight excluding hydrogens is 536 g/mol. The fourth-order valence-corrected chi connectivity index (χ4v) is 5.72. The average Bonchev–Trinajstić information content (AvgIpc) is 3.24. The zero-order chi connectivity index (χ0) is 28.8. The quantitative estimate of drug-likeness (QED) is 0.245. The number of hydrogen-bond acceptors (Lipinski definition) is 9. The maximum atomic E-state index is 11.9. The topological polar surface area (TPSA) is 154 Å². The number of ether oxygens (including phenoxy) is 1. The fraction of sp³-hybridized carbons (Fsp3) is 0.357. The highest BCUT2D eigenvalue weighted by Crippen LogP contribution is 2.28. The Bertz CT molecular complexity index is 1550. The van der Waals surface area contributed by atoms with Gasteiger partial charge >= 0.3 is 16.8 Å². The molecule has 1 fully saturated rings. The largest absolute Gasteiger partial charge is 0.497 e. The first-order chi connectivity index (χ1) is 19.2. The van der Waals surface area contributed by atoms with E-state index in [1.165, 1.54) is 16.9 Å². The van der Waals surface area contributed by atoms with E-state index in [1.54, 1.807) is 17.9 Å². The number of thiazole rings is 1. The van der Waals surface area contributed by atoms with Gasteiger partial charge in [0.15, 0.2) is 0 Å². The van der Waals surface area contributed by atoms with E-state index in [0.29, 0.717) is 12.6 Å². The van der Waals surface area contributed by atoms with E-state index in [4.69, 9.17) is 24.5 Å². The van der Waals surface area contributed by atoms with Gasteiger partial charge in [-0.1, -0.05) is 17.4 Å². The van der Waals surface area contributed by atoms with Crippen molar-refractivity contribution in [3.63, 3.8) is 0 Å². The number of hydrogen-bond donors (Lipinski definition) is 4. The van der Waals surface area contributed by atoms with Gasteiger partial charge in [-0.2, -0.15) is 0 Å². The highest BCUT2D eigenvalue weighted by Gasteiger charge is 2.22. The zero-order valence-electron chi connectivity index (χ0n) is 22.2. The SMILES string of the molecule is COc1ccc2nccc([C@@H](O)CN3CCC(NCc4ccc5c(c4)sc(=O)n5C)CC3)c2c1.O=C(O)C(=O)O. The third-order valence-electron chi connectivity index (χ3n) is 6.99. The van der Waals surface area contributed by atoms with Crippen LogP contribution in [0.1, 0.15) is 30.1 Å². The molecular formula is C28H32N4O7S. The molecule has 1 atom stereocenters. The lowest BCUT2D eigenvalue weighted by atomic mass is 10.0. The number of aliphatic hydroxyl groups excluding tert-OH is 1. The second-order valence-corrected chi connectivity index (χ2v) is 10.6. The Labute approximate surface area is 234 Å². The number of carbonyl (C=O) groups is 2. The molecule has 0 amide bonds. The average molecular weight is 569 g/mol. The number of pyridine rings is 1. The molecule has 12 heteroatoms. The molecule has 0 spiro atoms. The van der Waals surface area contributed by atoms with E-state index in [2.05, 4.69) is 27.3 Å². The van der Waals surface area contributed by atoms with Crippen LogP contribution in [0.15, 0.2) is 53.5 Å². The van der Waals surface area contributed by atoms with Crippen molar-refractivity contribution in [2.75, 3.05) is 26.7 Å². The van der Waals surface area contributed by atoms with Crippen LogP contribution < -0.4 is 14.9 Å². The predicted molar refractivity (Wildman–Crippen MR) is 152 cm³/mol. The number of nitrogens with zero attached hydrogens (tertiary/aromatic N) is 3. The normalized spacial score (nSPS) is 15.0. The van der Waals surface area contributed by atoms with Gasteiger partial charge in [0.25, 0.3) is 0 Å². The van der Waals surface area contributed by atoms with Crippen molar-refractivity contribution < 1.29 is 29.6 Å². The summed E-state index contributed by atoms with van der Waals surface area (Å²) < 4.78 is 8.10. The van der Waals surface area contributed by atoms with Crippen LogP contribution in [0, 0.1) is 0 Å². The summed E-state index contributed by atoms with van der Waals surface area (Å²) in [5.74, 6) is -2.88. The first kappa shape index (κ1) is 29.2. The molecule has 5 rings (SSSR count). The van der Waals surface area contributed by atoms with Gasteiger partial charge < -0.3 is 34.8 Å². The maximum absolute atomic E-state index is 11.9. The van der Waals surface area contributed by atoms with Crippen LogP contribution in [0.3, 0.4) is 0 Å². The number of benzene rings is 2. The van der Waals surface area contributed by atoms with Gasteiger partial charge in [-0.25, -0.2) is 9.59 Å². The number of likely N-dealkylation sites (tertiary alicyclic amines) is 1. The third-order valence-corrected chi connectivity index (χ3v) is 7.99. The molecule has 40 heavy (non-hydrogen) atoms.